The van der Waals surface area contributed by atoms with Gasteiger partial charge in [-0.1, -0.05) is 0 Å². The third-order valence-electron chi connectivity index (χ3n) is 2.37. The first-order valence-corrected chi connectivity index (χ1v) is 4.48. The standard InChI is InChI=1S/C8H16N2O2/c9-8(11)4-3-7-10(12)5-1-2-6-10/h1-7H2,(H2,9,11). The van der Waals surface area contributed by atoms with Crippen molar-refractivity contribution in [2.24, 2.45) is 5.73 Å². The van der Waals surface area contributed by atoms with Crippen molar-refractivity contribution in [3.8, 4) is 0 Å². The number of rotatable bonds is 4. The number of hydroxylamine groups is 3. The van der Waals surface area contributed by atoms with E-state index in [1.165, 1.54) is 0 Å². The lowest BCUT2D eigenvalue weighted by Crippen LogP contribution is -2.39. The second kappa shape index (κ2) is 3.87. The molecule has 2 N–H and O–H groups in total. The van der Waals surface area contributed by atoms with Gasteiger partial charge in [0.05, 0.1) is 19.6 Å². The third kappa shape index (κ3) is 2.79. The van der Waals surface area contributed by atoms with Crippen LogP contribution in [-0.4, -0.2) is 30.2 Å². The van der Waals surface area contributed by atoms with E-state index in [0.717, 1.165) is 25.9 Å². The molecule has 0 radical (unpaired) electrons. The van der Waals surface area contributed by atoms with E-state index >= 15 is 0 Å². The number of nitrogens with two attached hydrogens (primary N) is 1. The zero-order valence-electron chi connectivity index (χ0n) is 7.29. The summed E-state index contributed by atoms with van der Waals surface area (Å²) in [6, 6.07) is 0. The quantitative estimate of drug-likeness (QED) is 0.491. The lowest BCUT2D eigenvalue weighted by molar-refractivity contribution is -0.868. The summed E-state index contributed by atoms with van der Waals surface area (Å²) in [5.41, 5.74) is 4.97. The Morgan fingerprint density at radius 2 is 2.00 bits per heavy atom. The van der Waals surface area contributed by atoms with Crippen LogP contribution in [0.3, 0.4) is 0 Å². The molecule has 1 saturated heterocycles. The van der Waals surface area contributed by atoms with Crippen LogP contribution in [0.1, 0.15) is 25.7 Å². The third-order valence-corrected chi connectivity index (χ3v) is 2.37. The van der Waals surface area contributed by atoms with Gasteiger partial charge >= 0.3 is 0 Å². The molecule has 0 unspecified atom stereocenters. The molecule has 1 aliphatic rings. The van der Waals surface area contributed by atoms with Crippen molar-refractivity contribution in [2.45, 2.75) is 25.7 Å². The summed E-state index contributed by atoms with van der Waals surface area (Å²) in [6.45, 7) is 2.00. The molecule has 1 heterocycles. The summed E-state index contributed by atoms with van der Waals surface area (Å²) in [4.78, 5) is 10.4. The van der Waals surface area contributed by atoms with Crippen molar-refractivity contribution in [3.05, 3.63) is 5.21 Å². The molecule has 4 nitrogen and oxygen atoms in total. The zero-order chi connectivity index (χ0) is 9.03. The van der Waals surface area contributed by atoms with Crippen LogP contribution in [-0.2, 0) is 4.79 Å². The highest BCUT2D eigenvalue weighted by atomic mass is 16.5. The maximum atomic E-state index is 11.7. The van der Waals surface area contributed by atoms with E-state index in [4.69, 9.17) is 5.73 Å². The minimum Gasteiger partial charge on any atom is -0.633 e. The number of carbonyl (C=O) groups is 1. The molecule has 1 aliphatic heterocycles. The predicted molar refractivity (Wildman–Crippen MR) is 45.9 cm³/mol. The van der Waals surface area contributed by atoms with Crippen molar-refractivity contribution in [1.82, 2.24) is 0 Å². The topological polar surface area (TPSA) is 66.2 Å². The molecule has 0 aromatic rings. The monoisotopic (exact) mass is 172 g/mol. The Kier molecular flexibility index (Phi) is 3.05. The number of hydrogen-bond donors (Lipinski definition) is 1. The summed E-state index contributed by atoms with van der Waals surface area (Å²) in [5.74, 6) is -0.305. The molecule has 0 saturated carbocycles. The Hall–Kier alpha value is -0.610. The largest absolute Gasteiger partial charge is 0.633 e. The van der Waals surface area contributed by atoms with Gasteiger partial charge in [-0.15, -0.1) is 0 Å². The van der Waals surface area contributed by atoms with Crippen LogP contribution in [0.15, 0.2) is 0 Å². The first kappa shape index (κ1) is 9.48. The molecular formula is C8H16N2O2. The highest BCUT2D eigenvalue weighted by Crippen LogP contribution is 2.18. The van der Waals surface area contributed by atoms with E-state index in [1.807, 2.05) is 0 Å². The molecule has 0 aromatic heterocycles. The van der Waals surface area contributed by atoms with E-state index in [9.17, 15) is 10.0 Å². The lowest BCUT2D eigenvalue weighted by atomic mass is 10.3. The first-order valence-electron chi connectivity index (χ1n) is 4.48. The van der Waals surface area contributed by atoms with Gasteiger partial charge in [0.2, 0.25) is 5.91 Å². The fraction of sp³-hybridized carbons (Fsp3) is 0.875. The maximum absolute atomic E-state index is 11.7. The van der Waals surface area contributed by atoms with Crippen LogP contribution in [0.5, 0.6) is 0 Å². The molecule has 1 amide bonds. The van der Waals surface area contributed by atoms with Crippen molar-refractivity contribution >= 4 is 5.91 Å². The fourth-order valence-corrected chi connectivity index (χ4v) is 1.68. The summed E-state index contributed by atoms with van der Waals surface area (Å²) in [7, 11) is 0. The van der Waals surface area contributed by atoms with Crippen LogP contribution < -0.4 is 5.73 Å². The van der Waals surface area contributed by atoms with Gasteiger partial charge in [0.25, 0.3) is 0 Å². The van der Waals surface area contributed by atoms with Crippen molar-refractivity contribution < 1.29 is 9.44 Å². The Bertz CT molecular complexity index is 164. The molecule has 0 spiro atoms. The van der Waals surface area contributed by atoms with Crippen LogP contribution in [0, 0.1) is 5.21 Å². The Labute approximate surface area is 72.5 Å². The number of quaternary nitrogens is 1. The van der Waals surface area contributed by atoms with E-state index in [2.05, 4.69) is 0 Å². The van der Waals surface area contributed by atoms with Crippen LogP contribution in [0.2, 0.25) is 0 Å². The van der Waals surface area contributed by atoms with E-state index in [1.54, 1.807) is 0 Å². The van der Waals surface area contributed by atoms with E-state index in [0.29, 0.717) is 19.4 Å². The van der Waals surface area contributed by atoms with Crippen LogP contribution >= 0.6 is 0 Å². The predicted octanol–water partition coefficient (Wildman–Crippen LogP) is 0.360. The van der Waals surface area contributed by atoms with Gasteiger partial charge in [0, 0.05) is 25.7 Å². The van der Waals surface area contributed by atoms with E-state index in [-0.39, 0.29) is 10.6 Å². The number of hydrogen-bond acceptors (Lipinski definition) is 2. The Balaban J connectivity index is 2.17. The first-order chi connectivity index (χ1) is 5.62. The molecule has 0 aliphatic carbocycles. The van der Waals surface area contributed by atoms with Gasteiger partial charge in [-0.05, 0) is 0 Å². The van der Waals surface area contributed by atoms with Crippen LogP contribution in [0.25, 0.3) is 0 Å². The molecule has 0 aromatic carbocycles. The van der Waals surface area contributed by atoms with Gasteiger partial charge in [-0.3, -0.25) is 4.79 Å². The summed E-state index contributed by atoms with van der Waals surface area (Å²) in [6.07, 6.45) is 3.04. The summed E-state index contributed by atoms with van der Waals surface area (Å²) >= 11 is 0. The van der Waals surface area contributed by atoms with Crippen molar-refractivity contribution in [3.63, 3.8) is 0 Å². The molecule has 12 heavy (non-hydrogen) atoms. The van der Waals surface area contributed by atoms with Gasteiger partial charge < -0.3 is 15.6 Å². The number of amides is 1. The van der Waals surface area contributed by atoms with Gasteiger partial charge in [-0.25, -0.2) is 0 Å². The number of primary amides is 1. The molecule has 4 heteroatoms. The van der Waals surface area contributed by atoms with E-state index < -0.39 is 0 Å². The second-order valence-electron chi connectivity index (χ2n) is 3.51. The molecule has 1 fully saturated rings. The average molecular weight is 172 g/mol. The lowest BCUT2D eigenvalue weighted by Gasteiger charge is -2.38. The van der Waals surface area contributed by atoms with Crippen molar-refractivity contribution in [2.75, 3.05) is 19.6 Å². The summed E-state index contributed by atoms with van der Waals surface area (Å²) < 4.78 is -0.104. The maximum Gasteiger partial charge on any atom is 0.217 e. The molecule has 0 bridgehead atoms. The van der Waals surface area contributed by atoms with Crippen molar-refractivity contribution in [1.29, 1.82) is 0 Å². The Morgan fingerprint density at radius 3 is 2.50 bits per heavy atom. The second-order valence-corrected chi connectivity index (χ2v) is 3.51. The molecule has 1 rings (SSSR count). The number of nitrogens with zero attached hydrogens (tertiary/aromatic N) is 1. The zero-order valence-corrected chi connectivity index (χ0v) is 7.29. The average Bonchev–Trinajstić information content (AvgIpc) is 2.35. The fourth-order valence-electron chi connectivity index (χ4n) is 1.68. The van der Waals surface area contributed by atoms with Crippen LogP contribution in [0.4, 0.5) is 0 Å². The highest BCUT2D eigenvalue weighted by Gasteiger charge is 2.21. The van der Waals surface area contributed by atoms with Gasteiger partial charge in [-0.2, -0.15) is 0 Å². The summed E-state index contributed by atoms with van der Waals surface area (Å²) in [5, 5.41) is 11.7. The van der Waals surface area contributed by atoms with Gasteiger partial charge in [0.15, 0.2) is 0 Å². The highest BCUT2D eigenvalue weighted by molar-refractivity contribution is 5.73. The minimum atomic E-state index is -0.305. The molecular weight excluding hydrogens is 156 g/mol. The Morgan fingerprint density at radius 1 is 1.42 bits per heavy atom. The minimum absolute atomic E-state index is 0.104. The number of carbonyl (C=O) groups excluding carboxylic acids is 1. The SMILES string of the molecule is NC(=O)CCC[N+]1([O-])CCCC1. The molecule has 0 atom stereocenters. The smallest absolute Gasteiger partial charge is 0.217 e. The van der Waals surface area contributed by atoms with Gasteiger partial charge in [0.1, 0.15) is 0 Å². The number of likely N-dealkylation sites (tertiary alicyclic amines) is 1. The normalized spacial score (nSPS) is 21.1. The molecule has 70 valence electrons.